The Balaban J connectivity index is 2.36. The zero-order chi connectivity index (χ0) is 11.0. The summed E-state index contributed by atoms with van der Waals surface area (Å²) < 4.78 is 2.73. The van der Waals surface area contributed by atoms with Gasteiger partial charge in [-0.25, -0.2) is 0 Å². The largest absolute Gasteiger partial charge is 0.381 e. The molecule has 0 saturated carbocycles. The Hall–Kier alpha value is -0.650. The van der Waals surface area contributed by atoms with Crippen molar-refractivity contribution in [2.24, 2.45) is 7.05 Å². The number of aliphatic hydroxyl groups excluding tert-OH is 1. The van der Waals surface area contributed by atoms with Crippen molar-refractivity contribution in [1.29, 1.82) is 0 Å². The van der Waals surface area contributed by atoms with Gasteiger partial charge in [0.15, 0.2) is 0 Å². The van der Waals surface area contributed by atoms with Crippen LogP contribution in [0.2, 0.25) is 0 Å². The second kappa shape index (κ2) is 4.08. The lowest BCUT2D eigenvalue weighted by atomic mass is 10.2. The summed E-state index contributed by atoms with van der Waals surface area (Å²) in [7, 11) is 1.83. The first kappa shape index (κ1) is 10.9. The molecule has 2 aromatic heterocycles. The highest BCUT2D eigenvalue weighted by molar-refractivity contribution is 9.10. The molecule has 0 aromatic carbocycles. The molecule has 0 aliphatic heterocycles. The fourth-order valence-electron chi connectivity index (χ4n) is 1.41. The second-order valence-electron chi connectivity index (χ2n) is 3.34. The van der Waals surface area contributed by atoms with Crippen molar-refractivity contribution in [3.63, 3.8) is 0 Å². The summed E-state index contributed by atoms with van der Waals surface area (Å²) in [5, 5.41) is 14.2. The van der Waals surface area contributed by atoms with Gasteiger partial charge >= 0.3 is 0 Å². The number of thiophene rings is 1. The highest BCUT2D eigenvalue weighted by Gasteiger charge is 2.16. The molecule has 2 aromatic rings. The van der Waals surface area contributed by atoms with Gasteiger partial charge in [0.1, 0.15) is 6.10 Å². The van der Waals surface area contributed by atoms with Crippen molar-refractivity contribution in [3.05, 3.63) is 38.3 Å². The molecule has 0 spiro atoms. The minimum Gasteiger partial charge on any atom is -0.381 e. The van der Waals surface area contributed by atoms with Crippen LogP contribution in [0.4, 0.5) is 0 Å². The second-order valence-corrected chi connectivity index (χ2v) is 5.48. The van der Waals surface area contributed by atoms with Gasteiger partial charge in [0.25, 0.3) is 0 Å². The van der Waals surface area contributed by atoms with Crippen LogP contribution in [0.15, 0.2) is 22.8 Å². The van der Waals surface area contributed by atoms with Gasteiger partial charge in [-0.2, -0.15) is 5.10 Å². The van der Waals surface area contributed by atoms with Gasteiger partial charge in [0.2, 0.25) is 0 Å². The molecule has 2 rings (SSSR count). The third-order valence-electron chi connectivity index (χ3n) is 2.28. The van der Waals surface area contributed by atoms with E-state index in [1.807, 2.05) is 26.1 Å². The Morgan fingerprint density at radius 3 is 2.80 bits per heavy atom. The van der Waals surface area contributed by atoms with E-state index in [0.717, 1.165) is 15.0 Å². The smallest absolute Gasteiger partial charge is 0.130 e. The van der Waals surface area contributed by atoms with Crippen LogP contribution in [0.5, 0.6) is 0 Å². The van der Waals surface area contributed by atoms with Gasteiger partial charge in [-0.1, -0.05) is 0 Å². The summed E-state index contributed by atoms with van der Waals surface area (Å²) in [5.74, 6) is 0. The first-order valence-electron chi connectivity index (χ1n) is 4.51. The molecule has 0 radical (unpaired) electrons. The molecule has 0 aliphatic carbocycles. The number of hydrogen-bond donors (Lipinski definition) is 1. The monoisotopic (exact) mass is 286 g/mol. The van der Waals surface area contributed by atoms with E-state index in [2.05, 4.69) is 21.0 Å². The highest BCUT2D eigenvalue weighted by Crippen LogP contribution is 2.33. The first-order chi connectivity index (χ1) is 7.09. The molecule has 0 fully saturated rings. The van der Waals surface area contributed by atoms with E-state index in [1.165, 1.54) is 4.88 Å². The number of aryl methyl sites for hydroxylation is 2. The molecule has 0 amide bonds. The number of aliphatic hydroxyl groups is 1. The maximum Gasteiger partial charge on any atom is 0.130 e. The van der Waals surface area contributed by atoms with Crippen LogP contribution >= 0.6 is 27.3 Å². The standard InChI is InChI=1S/C10H11BrN2OS/c1-6-7(11)5-9(15-6)10(14)8-3-4-12-13(8)2/h3-5,10,14H,1-2H3. The van der Waals surface area contributed by atoms with Crippen LogP contribution in [-0.2, 0) is 7.05 Å². The summed E-state index contributed by atoms with van der Waals surface area (Å²) in [6.45, 7) is 2.02. The van der Waals surface area contributed by atoms with Crippen molar-refractivity contribution in [3.8, 4) is 0 Å². The molecule has 0 saturated heterocycles. The molecule has 1 N–H and O–H groups in total. The number of hydrogen-bond acceptors (Lipinski definition) is 3. The van der Waals surface area contributed by atoms with Crippen molar-refractivity contribution in [2.45, 2.75) is 13.0 Å². The van der Waals surface area contributed by atoms with Gasteiger partial charge in [0, 0.05) is 27.5 Å². The number of nitrogens with zero attached hydrogens (tertiary/aromatic N) is 2. The van der Waals surface area contributed by atoms with E-state index in [0.29, 0.717) is 0 Å². The third kappa shape index (κ3) is 2.00. The van der Waals surface area contributed by atoms with E-state index in [1.54, 1.807) is 22.2 Å². The van der Waals surface area contributed by atoms with Gasteiger partial charge in [-0.15, -0.1) is 11.3 Å². The minimum absolute atomic E-state index is 0.590. The van der Waals surface area contributed by atoms with Crippen LogP contribution in [-0.4, -0.2) is 14.9 Å². The van der Waals surface area contributed by atoms with Crippen molar-refractivity contribution in [2.75, 3.05) is 0 Å². The quantitative estimate of drug-likeness (QED) is 0.922. The Morgan fingerprint density at radius 2 is 2.33 bits per heavy atom. The van der Waals surface area contributed by atoms with Crippen molar-refractivity contribution >= 4 is 27.3 Å². The summed E-state index contributed by atoms with van der Waals surface area (Å²) in [6, 6.07) is 3.78. The molecule has 1 unspecified atom stereocenters. The van der Waals surface area contributed by atoms with Crippen LogP contribution < -0.4 is 0 Å². The van der Waals surface area contributed by atoms with E-state index in [4.69, 9.17) is 0 Å². The fourth-order valence-corrected chi connectivity index (χ4v) is 2.97. The van der Waals surface area contributed by atoms with E-state index >= 15 is 0 Å². The highest BCUT2D eigenvalue weighted by atomic mass is 79.9. The Labute approximate surface area is 100 Å². The SMILES string of the molecule is Cc1sc(C(O)c2ccnn2C)cc1Br. The zero-order valence-electron chi connectivity index (χ0n) is 8.44. The van der Waals surface area contributed by atoms with Gasteiger partial charge in [0.05, 0.1) is 5.69 Å². The van der Waals surface area contributed by atoms with E-state index in [-0.39, 0.29) is 0 Å². The van der Waals surface area contributed by atoms with Crippen LogP contribution in [0, 0.1) is 6.92 Å². The molecular weight excluding hydrogens is 276 g/mol. The number of rotatable bonds is 2. The fraction of sp³-hybridized carbons (Fsp3) is 0.300. The molecule has 1 atom stereocenters. The van der Waals surface area contributed by atoms with Crippen molar-refractivity contribution < 1.29 is 5.11 Å². The zero-order valence-corrected chi connectivity index (χ0v) is 10.8. The average molecular weight is 287 g/mol. The lowest BCUT2D eigenvalue weighted by molar-refractivity contribution is 0.213. The molecule has 80 valence electrons. The molecule has 0 bridgehead atoms. The van der Waals surface area contributed by atoms with Crippen LogP contribution in [0.3, 0.4) is 0 Å². The Morgan fingerprint density at radius 1 is 1.60 bits per heavy atom. The predicted molar refractivity (Wildman–Crippen MR) is 64.0 cm³/mol. The summed E-state index contributed by atoms with van der Waals surface area (Å²) >= 11 is 5.03. The molecule has 3 nitrogen and oxygen atoms in total. The number of aromatic nitrogens is 2. The van der Waals surface area contributed by atoms with Gasteiger partial charge in [-0.05, 0) is 35.0 Å². The lowest BCUT2D eigenvalue weighted by Crippen LogP contribution is -2.04. The van der Waals surface area contributed by atoms with E-state index < -0.39 is 6.10 Å². The topological polar surface area (TPSA) is 38.1 Å². The van der Waals surface area contributed by atoms with Gasteiger partial charge < -0.3 is 5.11 Å². The average Bonchev–Trinajstić information content (AvgIpc) is 2.74. The summed E-state index contributed by atoms with van der Waals surface area (Å²) in [4.78, 5) is 2.11. The predicted octanol–water partition coefficient (Wildman–Crippen LogP) is 2.63. The molecule has 5 heteroatoms. The Bertz CT molecular complexity index is 458. The first-order valence-corrected chi connectivity index (χ1v) is 6.12. The van der Waals surface area contributed by atoms with Crippen LogP contribution in [0.25, 0.3) is 0 Å². The van der Waals surface area contributed by atoms with Gasteiger partial charge in [-0.3, -0.25) is 4.68 Å². The molecule has 0 aliphatic rings. The summed E-state index contributed by atoms with van der Waals surface area (Å²) in [6.07, 6.45) is 1.10. The molecule has 2 heterocycles. The minimum atomic E-state index is -0.590. The third-order valence-corrected chi connectivity index (χ3v) is 4.47. The molecular formula is C10H11BrN2OS. The maximum atomic E-state index is 10.1. The number of halogens is 1. The van der Waals surface area contributed by atoms with Crippen LogP contribution in [0.1, 0.15) is 21.6 Å². The lowest BCUT2D eigenvalue weighted by Gasteiger charge is -2.08. The normalized spacial score (nSPS) is 13.1. The van der Waals surface area contributed by atoms with E-state index in [9.17, 15) is 5.11 Å². The molecule has 15 heavy (non-hydrogen) atoms. The summed E-state index contributed by atoms with van der Waals surface area (Å²) in [5.41, 5.74) is 0.809. The van der Waals surface area contributed by atoms with Crippen molar-refractivity contribution in [1.82, 2.24) is 9.78 Å². The Kier molecular flexibility index (Phi) is 2.95. The maximum absolute atomic E-state index is 10.1.